The van der Waals surface area contributed by atoms with Gasteiger partial charge < -0.3 is 0 Å². The molecule has 2 nitrogen and oxygen atoms in total. The van der Waals surface area contributed by atoms with Crippen molar-refractivity contribution in [2.24, 2.45) is 5.41 Å². The SMILES string of the molecule is CCCC(C)(C)Cc1ncc(Cl)cn1. The fourth-order valence-electron chi connectivity index (χ4n) is 1.62. The summed E-state index contributed by atoms with van der Waals surface area (Å²) in [5, 5.41) is 0.599. The Labute approximate surface area is 90.7 Å². The van der Waals surface area contributed by atoms with Gasteiger partial charge in [-0.15, -0.1) is 0 Å². The van der Waals surface area contributed by atoms with E-state index in [2.05, 4.69) is 30.7 Å². The van der Waals surface area contributed by atoms with Gasteiger partial charge in [-0.3, -0.25) is 0 Å². The van der Waals surface area contributed by atoms with Crippen molar-refractivity contribution in [2.45, 2.75) is 40.0 Å². The minimum Gasteiger partial charge on any atom is -0.240 e. The molecule has 1 heterocycles. The molecular weight excluding hydrogens is 196 g/mol. The van der Waals surface area contributed by atoms with Crippen LogP contribution in [0.15, 0.2) is 12.4 Å². The summed E-state index contributed by atoms with van der Waals surface area (Å²) in [5.41, 5.74) is 0.280. The molecule has 0 fully saturated rings. The summed E-state index contributed by atoms with van der Waals surface area (Å²) in [6.07, 6.45) is 6.62. The van der Waals surface area contributed by atoms with E-state index in [-0.39, 0.29) is 5.41 Å². The third kappa shape index (κ3) is 3.62. The van der Waals surface area contributed by atoms with Crippen molar-refractivity contribution in [3.8, 4) is 0 Å². The molecule has 0 saturated carbocycles. The lowest BCUT2D eigenvalue weighted by Gasteiger charge is -2.22. The van der Waals surface area contributed by atoms with Crippen LogP contribution in [0.4, 0.5) is 0 Å². The molecule has 14 heavy (non-hydrogen) atoms. The molecule has 3 heteroatoms. The number of halogens is 1. The Morgan fingerprint density at radius 1 is 1.29 bits per heavy atom. The Bertz CT molecular complexity index is 280. The molecule has 1 aromatic heterocycles. The molecule has 0 amide bonds. The quantitative estimate of drug-likeness (QED) is 0.764. The van der Waals surface area contributed by atoms with Gasteiger partial charge in [0.05, 0.1) is 5.02 Å². The van der Waals surface area contributed by atoms with Crippen LogP contribution in [0.2, 0.25) is 5.02 Å². The Kier molecular flexibility index (Phi) is 3.87. The Hall–Kier alpha value is -0.630. The van der Waals surface area contributed by atoms with Crippen LogP contribution < -0.4 is 0 Å². The van der Waals surface area contributed by atoms with Crippen LogP contribution in [0, 0.1) is 5.41 Å². The standard InChI is InChI=1S/C11H17ClN2/c1-4-5-11(2,3)6-10-13-7-9(12)8-14-10/h7-8H,4-6H2,1-3H3. The van der Waals surface area contributed by atoms with Crippen molar-refractivity contribution in [1.29, 1.82) is 0 Å². The first-order valence-electron chi connectivity index (χ1n) is 5.00. The normalized spacial score (nSPS) is 11.7. The van der Waals surface area contributed by atoms with Crippen LogP contribution in [-0.4, -0.2) is 9.97 Å². The van der Waals surface area contributed by atoms with Gasteiger partial charge in [-0.25, -0.2) is 9.97 Å². The summed E-state index contributed by atoms with van der Waals surface area (Å²) in [6.45, 7) is 6.69. The third-order valence-corrected chi connectivity index (χ3v) is 2.43. The smallest absolute Gasteiger partial charge is 0.128 e. The first-order valence-corrected chi connectivity index (χ1v) is 5.38. The number of aromatic nitrogens is 2. The van der Waals surface area contributed by atoms with Gasteiger partial charge in [-0.2, -0.15) is 0 Å². The summed E-state index contributed by atoms with van der Waals surface area (Å²) in [6, 6.07) is 0. The van der Waals surface area contributed by atoms with Gasteiger partial charge >= 0.3 is 0 Å². The van der Waals surface area contributed by atoms with Gasteiger partial charge in [-0.1, -0.05) is 38.8 Å². The van der Waals surface area contributed by atoms with Gasteiger partial charge in [-0.05, 0) is 11.8 Å². The predicted molar refractivity (Wildman–Crippen MR) is 59.4 cm³/mol. The molecule has 78 valence electrons. The van der Waals surface area contributed by atoms with Crippen LogP contribution in [0.1, 0.15) is 39.4 Å². The molecule has 1 rings (SSSR count). The summed E-state index contributed by atoms with van der Waals surface area (Å²) in [7, 11) is 0. The summed E-state index contributed by atoms with van der Waals surface area (Å²) >= 11 is 5.72. The van der Waals surface area contributed by atoms with Crippen molar-refractivity contribution in [2.75, 3.05) is 0 Å². The zero-order chi connectivity index (χ0) is 10.6. The second kappa shape index (κ2) is 4.74. The Morgan fingerprint density at radius 2 is 1.86 bits per heavy atom. The van der Waals surface area contributed by atoms with Crippen molar-refractivity contribution in [3.05, 3.63) is 23.2 Å². The molecule has 0 aliphatic carbocycles. The fraction of sp³-hybridized carbons (Fsp3) is 0.636. The minimum atomic E-state index is 0.280. The number of nitrogens with zero attached hydrogens (tertiary/aromatic N) is 2. The van der Waals surface area contributed by atoms with Crippen molar-refractivity contribution in [3.63, 3.8) is 0 Å². The maximum atomic E-state index is 5.72. The molecule has 0 spiro atoms. The van der Waals surface area contributed by atoms with Crippen LogP contribution in [0.5, 0.6) is 0 Å². The van der Waals surface area contributed by atoms with E-state index < -0.39 is 0 Å². The van der Waals surface area contributed by atoms with E-state index in [4.69, 9.17) is 11.6 Å². The first-order chi connectivity index (χ1) is 6.53. The predicted octanol–water partition coefficient (Wildman–Crippen LogP) is 3.50. The molecule has 0 unspecified atom stereocenters. The Morgan fingerprint density at radius 3 is 2.36 bits per heavy atom. The van der Waals surface area contributed by atoms with E-state index in [0.29, 0.717) is 5.02 Å². The lowest BCUT2D eigenvalue weighted by atomic mass is 9.84. The summed E-state index contributed by atoms with van der Waals surface area (Å²) < 4.78 is 0. The average Bonchev–Trinajstić information content (AvgIpc) is 2.08. The van der Waals surface area contributed by atoms with Crippen LogP contribution in [0.25, 0.3) is 0 Å². The minimum absolute atomic E-state index is 0.280. The van der Waals surface area contributed by atoms with E-state index in [1.807, 2.05) is 0 Å². The van der Waals surface area contributed by atoms with Gasteiger partial charge in [0.2, 0.25) is 0 Å². The molecule has 0 aromatic carbocycles. The molecule has 0 N–H and O–H groups in total. The highest BCUT2D eigenvalue weighted by Crippen LogP contribution is 2.25. The van der Waals surface area contributed by atoms with E-state index in [1.54, 1.807) is 12.4 Å². The summed E-state index contributed by atoms with van der Waals surface area (Å²) in [5.74, 6) is 0.882. The number of hydrogen-bond acceptors (Lipinski definition) is 2. The average molecular weight is 213 g/mol. The van der Waals surface area contributed by atoms with Crippen molar-refractivity contribution in [1.82, 2.24) is 9.97 Å². The van der Waals surface area contributed by atoms with E-state index >= 15 is 0 Å². The second-order valence-corrected chi connectivity index (χ2v) is 4.84. The topological polar surface area (TPSA) is 25.8 Å². The lowest BCUT2D eigenvalue weighted by molar-refractivity contribution is 0.322. The van der Waals surface area contributed by atoms with Crippen molar-refractivity contribution >= 4 is 11.6 Å². The third-order valence-electron chi connectivity index (χ3n) is 2.24. The summed E-state index contributed by atoms with van der Waals surface area (Å²) in [4.78, 5) is 8.41. The molecular formula is C11H17ClN2. The first kappa shape index (κ1) is 11.4. The fourth-order valence-corrected chi connectivity index (χ4v) is 1.72. The van der Waals surface area contributed by atoms with Gasteiger partial charge in [0.15, 0.2) is 0 Å². The van der Waals surface area contributed by atoms with Gasteiger partial charge in [0.25, 0.3) is 0 Å². The molecule has 0 aliphatic rings. The molecule has 0 radical (unpaired) electrons. The van der Waals surface area contributed by atoms with Crippen LogP contribution in [0.3, 0.4) is 0 Å². The molecule has 0 atom stereocenters. The molecule has 0 saturated heterocycles. The maximum absolute atomic E-state index is 5.72. The molecule has 0 aliphatic heterocycles. The highest BCUT2D eigenvalue weighted by Gasteiger charge is 2.18. The number of hydrogen-bond donors (Lipinski definition) is 0. The zero-order valence-electron chi connectivity index (χ0n) is 9.05. The second-order valence-electron chi connectivity index (χ2n) is 4.41. The lowest BCUT2D eigenvalue weighted by Crippen LogP contribution is -2.16. The molecule has 1 aromatic rings. The van der Waals surface area contributed by atoms with Crippen molar-refractivity contribution < 1.29 is 0 Å². The zero-order valence-corrected chi connectivity index (χ0v) is 9.80. The monoisotopic (exact) mass is 212 g/mol. The van der Waals surface area contributed by atoms with E-state index in [9.17, 15) is 0 Å². The maximum Gasteiger partial charge on any atom is 0.128 e. The van der Waals surface area contributed by atoms with Gasteiger partial charge in [0.1, 0.15) is 5.82 Å². The molecule has 0 bridgehead atoms. The number of rotatable bonds is 4. The largest absolute Gasteiger partial charge is 0.240 e. The van der Waals surface area contributed by atoms with E-state index in [0.717, 1.165) is 12.2 Å². The highest BCUT2D eigenvalue weighted by atomic mass is 35.5. The van der Waals surface area contributed by atoms with Crippen LogP contribution >= 0.6 is 11.6 Å². The van der Waals surface area contributed by atoms with E-state index in [1.165, 1.54) is 12.8 Å². The highest BCUT2D eigenvalue weighted by molar-refractivity contribution is 6.30. The Balaban J connectivity index is 2.64. The van der Waals surface area contributed by atoms with Gasteiger partial charge in [0, 0.05) is 18.8 Å². The van der Waals surface area contributed by atoms with Crippen LogP contribution in [-0.2, 0) is 6.42 Å².